The van der Waals surface area contributed by atoms with Crippen LogP contribution in [-0.4, -0.2) is 14.7 Å². The summed E-state index contributed by atoms with van der Waals surface area (Å²) < 4.78 is 16.5. The highest BCUT2D eigenvalue weighted by molar-refractivity contribution is 7.80. The number of anilines is 1. The Morgan fingerprint density at radius 3 is 2.45 bits per heavy atom. The molecule has 4 nitrogen and oxygen atoms in total. The van der Waals surface area contributed by atoms with Crippen molar-refractivity contribution in [3.05, 3.63) is 113 Å². The van der Waals surface area contributed by atoms with Crippen LogP contribution >= 0.6 is 23.8 Å². The number of nitrogens with zero attached hydrogens (tertiary/aromatic N) is 3. The first-order chi connectivity index (χ1) is 15.1. The Labute approximate surface area is 189 Å². The molecule has 2 aromatic carbocycles. The Kier molecular flexibility index (Phi) is 5.18. The third-order valence-electron chi connectivity index (χ3n) is 5.40. The molecule has 2 aromatic heterocycles. The summed E-state index contributed by atoms with van der Waals surface area (Å²) in [4.78, 5) is 6.60. The highest BCUT2D eigenvalue weighted by Crippen LogP contribution is 2.42. The molecule has 7 heteroatoms. The molecule has 31 heavy (non-hydrogen) atoms. The highest BCUT2D eigenvalue weighted by Gasteiger charge is 2.42. The molecule has 1 aliphatic heterocycles. The summed E-state index contributed by atoms with van der Waals surface area (Å²) in [7, 11) is 0. The molecule has 1 aliphatic rings. The Bertz CT molecular complexity index is 1230. The Morgan fingerprint density at radius 2 is 1.71 bits per heavy atom. The number of nitrogens with one attached hydrogen (secondary N) is 1. The van der Waals surface area contributed by atoms with Gasteiger partial charge in [-0.1, -0.05) is 29.8 Å². The predicted molar refractivity (Wildman–Crippen MR) is 125 cm³/mol. The van der Waals surface area contributed by atoms with E-state index in [0.29, 0.717) is 15.8 Å². The molecule has 0 amide bonds. The maximum atomic E-state index is 14.7. The van der Waals surface area contributed by atoms with E-state index in [1.54, 1.807) is 18.3 Å². The summed E-state index contributed by atoms with van der Waals surface area (Å²) in [5, 5.41) is 4.64. The van der Waals surface area contributed by atoms with Crippen molar-refractivity contribution in [2.45, 2.75) is 12.1 Å². The van der Waals surface area contributed by atoms with Gasteiger partial charge in [0.15, 0.2) is 5.11 Å². The lowest BCUT2D eigenvalue weighted by atomic mass is 10.0. The first kappa shape index (κ1) is 19.7. The second kappa shape index (κ2) is 8.13. The van der Waals surface area contributed by atoms with Crippen LogP contribution in [0.15, 0.2) is 91.3 Å². The lowest BCUT2D eigenvalue weighted by Gasteiger charge is -2.29. The van der Waals surface area contributed by atoms with Gasteiger partial charge in [0, 0.05) is 28.8 Å². The zero-order valence-corrected chi connectivity index (χ0v) is 17.9. The molecular formula is C24H18ClFN4S. The molecule has 2 atom stereocenters. The first-order valence-electron chi connectivity index (χ1n) is 9.82. The summed E-state index contributed by atoms with van der Waals surface area (Å²) in [6, 6.07) is 23.5. The normalized spacial score (nSPS) is 18.3. The maximum Gasteiger partial charge on any atom is 0.174 e. The number of benzene rings is 2. The van der Waals surface area contributed by atoms with Crippen LogP contribution < -0.4 is 10.2 Å². The molecule has 154 valence electrons. The van der Waals surface area contributed by atoms with Crippen LogP contribution in [0.3, 0.4) is 0 Å². The standard InChI is InChI=1S/C24H18ClFN4S/c25-16-10-12-17(13-11-16)30-23(22(28-24(30)31)19-7-3-4-14-27-19)21-9-5-15-29(21)20-8-2-1-6-18(20)26/h1-15,22-23H,(H,28,31)/t22-,23-/m0/s1. The van der Waals surface area contributed by atoms with E-state index < -0.39 is 0 Å². The lowest BCUT2D eigenvalue weighted by Crippen LogP contribution is -2.30. The van der Waals surface area contributed by atoms with E-state index >= 15 is 0 Å². The monoisotopic (exact) mass is 448 g/mol. The Morgan fingerprint density at radius 1 is 0.935 bits per heavy atom. The Hall–Kier alpha value is -3.22. The third kappa shape index (κ3) is 3.58. The molecule has 0 bridgehead atoms. The fourth-order valence-electron chi connectivity index (χ4n) is 4.04. The average Bonchev–Trinajstić information content (AvgIpc) is 3.39. The van der Waals surface area contributed by atoms with E-state index in [4.69, 9.17) is 23.8 Å². The Balaban J connectivity index is 1.68. The van der Waals surface area contributed by atoms with Crippen LogP contribution in [0.2, 0.25) is 5.02 Å². The van der Waals surface area contributed by atoms with E-state index in [-0.39, 0.29) is 17.9 Å². The van der Waals surface area contributed by atoms with Gasteiger partial charge < -0.3 is 14.8 Å². The zero-order valence-electron chi connectivity index (χ0n) is 16.3. The molecule has 3 heterocycles. The van der Waals surface area contributed by atoms with Crippen molar-refractivity contribution in [3.63, 3.8) is 0 Å². The third-order valence-corrected chi connectivity index (χ3v) is 5.96. The van der Waals surface area contributed by atoms with Gasteiger partial charge in [-0.2, -0.15) is 0 Å². The smallest absolute Gasteiger partial charge is 0.174 e. The molecular weight excluding hydrogens is 431 g/mol. The summed E-state index contributed by atoms with van der Waals surface area (Å²) in [6.45, 7) is 0. The van der Waals surface area contributed by atoms with Crippen molar-refractivity contribution in [3.8, 4) is 5.69 Å². The summed E-state index contributed by atoms with van der Waals surface area (Å²) >= 11 is 11.9. The number of hydrogen-bond donors (Lipinski definition) is 1. The van der Waals surface area contributed by atoms with Crippen molar-refractivity contribution in [2.24, 2.45) is 0 Å². The number of hydrogen-bond acceptors (Lipinski definition) is 2. The van der Waals surface area contributed by atoms with Gasteiger partial charge in [-0.3, -0.25) is 4.98 Å². The van der Waals surface area contributed by atoms with E-state index in [9.17, 15) is 4.39 Å². The molecule has 0 spiro atoms. The number of pyridine rings is 1. The van der Waals surface area contributed by atoms with Crippen molar-refractivity contribution >= 4 is 34.6 Å². The van der Waals surface area contributed by atoms with Crippen LogP contribution in [-0.2, 0) is 0 Å². The van der Waals surface area contributed by atoms with Crippen molar-refractivity contribution in [1.82, 2.24) is 14.9 Å². The van der Waals surface area contributed by atoms with E-state index in [0.717, 1.165) is 17.1 Å². The van der Waals surface area contributed by atoms with E-state index in [1.165, 1.54) is 6.07 Å². The average molecular weight is 449 g/mol. The minimum absolute atomic E-state index is 0.218. The van der Waals surface area contributed by atoms with Crippen LogP contribution in [0.5, 0.6) is 0 Å². The van der Waals surface area contributed by atoms with E-state index in [2.05, 4.69) is 10.3 Å². The first-order valence-corrected chi connectivity index (χ1v) is 10.6. The van der Waals surface area contributed by atoms with Gasteiger partial charge in [0.1, 0.15) is 11.9 Å². The molecule has 0 unspecified atom stereocenters. The van der Waals surface area contributed by atoms with Crippen LogP contribution in [0.25, 0.3) is 5.69 Å². The van der Waals surface area contributed by atoms with Gasteiger partial charge in [-0.15, -0.1) is 0 Å². The second-order valence-corrected chi connectivity index (χ2v) is 8.05. The van der Waals surface area contributed by atoms with Crippen LogP contribution in [0.1, 0.15) is 23.5 Å². The van der Waals surface area contributed by atoms with Gasteiger partial charge in [0.25, 0.3) is 0 Å². The largest absolute Gasteiger partial charge is 0.351 e. The second-order valence-electron chi connectivity index (χ2n) is 7.23. The highest BCUT2D eigenvalue weighted by atomic mass is 35.5. The van der Waals surface area contributed by atoms with Gasteiger partial charge in [-0.05, 0) is 72.9 Å². The molecule has 1 fully saturated rings. The van der Waals surface area contributed by atoms with Crippen molar-refractivity contribution in [1.29, 1.82) is 0 Å². The summed E-state index contributed by atoms with van der Waals surface area (Å²) in [5.74, 6) is -0.291. The maximum absolute atomic E-state index is 14.7. The van der Waals surface area contributed by atoms with Gasteiger partial charge >= 0.3 is 0 Å². The van der Waals surface area contributed by atoms with Gasteiger partial charge in [0.2, 0.25) is 0 Å². The summed E-state index contributed by atoms with van der Waals surface area (Å²) in [6.07, 6.45) is 3.63. The van der Waals surface area contributed by atoms with Crippen molar-refractivity contribution < 1.29 is 4.39 Å². The van der Waals surface area contributed by atoms with Crippen LogP contribution in [0.4, 0.5) is 10.1 Å². The molecule has 4 aromatic rings. The molecule has 0 aliphatic carbocycles. The number of aromatic nitrogens is 2. The molecule has 1 saturated heterocycles. The number of halogens is 2. The molecule has 5 rings (SSSR count). The van der Waals surface area contributed by atoms with Crippen LogP contribution in [0, 0.1) is 5.82 Å². The van der Waals surface area contributed by atoms with E-state index in [1.807, 2.05) is 76.3 Å². The summed E-state index contributed by atoms with van der Waals surface area (Å²) in [5.41, 5.74) is 3.12. The fourth-order valence-corrected chi connectivity index (χ4v) is 4.51. The van der Waals surface area contributed by atoms with Crippen molar-refractivity contribution in [2.75, 3.05) is 4.90 Å². The molecule has 1 N–H and O–H groups in total. The number of rotatable bonds is 4. The SMILES string of the molecule is Fc1ccccc1-n1cccc1[C@H]1[C@H](c2ccccn2)NC(=S)N1c1ccc(Cl)cc1. The molecule has 0 radical (unpaired) electrons. The minimum Gasteiger partial charge on any atom is -0.351 e. The van der Waals surface area contributed by atoms with Gasteiger partial charge in [-0.25, -0.2) is 4.39 Å². The topological polar surface area (TPSA) is 33.1 Å². The fraction of sp³-hybridized carbons (Fsp3) is 0.0833. The zero-order chi connectivity index (χ0) is 21.4. The van der Waals surface area contributed by atoms with Gasteiger partial charge in [0.05, 0.1) is 17.4 Å². The number of para-hydroxylation sites is 1. The number of thiocarbonyl (C=S) groups is 1. The molecule has 0 saturated carbocycles. The quantitative estimate of drug-likeness (QED) is 0.397. The lowest BCUT2D eigenvalue weighted by molar-refractivity contribution is 0.544. The predicted octanol–water partition coefficient (Wildman–Crippen LogP) is 5.84. The minimum atomic E-state index is -0.291.